The third-order valence-electron chi connectivity index (χ3n) is 5.22. The highest BCUT2D eigenvalue weighted by Gasteiger charge is 2.42. The first kappa shape index (κ1) is 22.2. The Hall–Kier alpha value is -2.97. The van der Waals surface area contributed by atoms with Crippen molar-refractivity contribution in [1.82, 2.24) is 4.90 Å². The van der Waals surface area contributed by atoms with E-state index in [2.05, 4.69) is 0 Å². The Kier molecular flexibility index (Phi) is 6.43. The highest BCUT2D eigenvalue weighted by Crippen LogP contribution is 2.44. The molecule has 2 aliphatic rings. The van der Waals surface area contributed by atoms with Gasteiger partial charge in [-0.05, 0) is 25.0 Å². The van der Waals surface area contributed by atoms with Crippen molar-refractivity contribution >= 4 is 57.3 Å². The Bertz CT molecular complexity index is 1140. The van der Waals surface area contributed by atoms with Crippen molar-refractivity contribution in [1.29, 1.82) is 0 Å². The third kappa shape index (κ3) is 4.20. The predicted molar refractivity (Wildman–Crippen MR) is 129 cm³/mol. The molecule has 0 bridgehead atoms. The van der Waals surface area contributed by atoms with Gasteiger partial charge in [0, 0.05) is 5.56 Å². The van der Waals surface area contributed by atoms with Gasteiger partial charge in [0.2, 0.25) is 0 Å². The van der Waals surface area contributed by atoms with E-state index in [9.17, 15) is 14.4 Å². The summed E-state index contributed by atoms with van der Waals surface area (Å²) in [7, 11) is 0. The summed E-state index contributed by atoms with van der Waals surface area (Å²) >= 11 is 6.40. The molecule has 0 atom stereocenters. The lowest BCUT2D eigenvalue weighted by atomic mass is 10.1. The predicted octanol–water partition coefficient (Wildman–Crippen LogP) is 4.07. The van der Waals surface area contributed by atoms with E-state index in [1.54, 1.807) is 4.90 Å². The van der Waals surface area contributed by atoms with Crippen LogP contribution in [0.1, 0.15) is 30.0 Å². The molecular formula is C24H22N2O4S2. The number of carbonyl (C=O) groups is 3. The second-order valence-corrected chi connectivity index (χ2v) is 9.22. The summed E-state index contributed by atoms with van der Waals surface area (Å²) in [5.74, 6) is -1.21. The second kappa shape index (κ2) is 9.26. The quantitative estimate of drug-likeness (QED) is 0.363. The minimum Gasteiger partial charge on any atom is -0.464 e. The van der Waals surface area contributed by atoms with Gasteiger partial charge in [-0.2, -0.15) is 0 Å². The molecule has 8 heteroatoms. The lowest BCUT2D eigenvalue weighted by Crippen LogP contribution is -2.34. The molecule has 2 aliphatic heterocycles. The molecule has 0 spiro atoms. The number of benzene rings is 2. The minimum atomic E-state index is -0.520. The van der Waals surface area contributed by atoms with E-state index >= 15 is 0 Å². The van der Waals surface area contributed by atoms with E-state index in [0.717, 1.165) is 28.6 Å². The molecule has 2 heterocycles. The molecule has 2 amide bonds. The molecule has 0 radical (unpaired) electrons. The zero-order chi connectivity index (χ0) is 22.8. The van der Waals surface area contributed by atoms with Crippen molar-refractivity contribution < 1.29 is 19.1 Å². The van der Waals surface area contributed by atoms with E-state index in [4.69, 9.17) is 17.0 Å². The number of fused-ring (bicyclic) bond motifs is 1. The van der Waals surface area contributed by atoms with Crippen molar-refractivity contribution in [3.05, 3.63) is 70.1 Å². The van der Waals surface area contributed by atoms with Crippen LogP contribution in [0.25, 0.3) is 5.57 Å². The van der Waals surface area contributed by atoms with Crippen molar-refractivity contribution in [2.24, 2.45) is 0 Å². The maximum Gasteiger partial charge on any atom is 0.326 e. The van der Waals surface area contributed by atoms with Crippen LogP contribution in [0.15, 0.2) is 53.4 Å². The molecule has 1 fully saturated rings. The van der Waals surface area contributed by atoms with Gasteiger partial charge >= 0.3 is 5.97 Å². The van der Waals surface area contributed by atoms with Crippen molar-refractivity contribution in [3.8, 4) is 0 Å². The summed E-state index contributed by atoms with van der Waals surface area (Å²) in [6.45, 7) is 4.32. The average molecular weight is 467 g/mol. The summed E-state index contributed by atoms with van der Waals surface area (Å²) in [5.41, 5.74) is 3.91. The van der Waals surface area contributed by atoms with E-state index < -0.39 is 11.9 Å². The normalized spacial score (nSPS) is 17.9. The summed E-state index contributed by atoms with van der Waals surface area (Å²) in [5, 5.41) is 0. The number of thioether (sulfide) groups is 1. The fraction of sp³-hybridized carbons (Fsp3) is 0.250. The monoisotopic (exact) mass is 466 g/mol. The van der Waals surface area contributed by atoms with Gasteiger partial charge in [0.25, 0.3) is 11.8 Å². The van der Waals surface area contributed by atoms with Gasteiger partial charge in [-0.3, -0.25) is 19.3 Å². The number of anilines is 1. The molecule has 6 nitrogen and oxygen atoms in total. The van der Waals surface area contributed by atoms with Crippen LogP contribution in [0.5, 0.6) is 0 Å². The zero-order valence-electron chi connectivity index (χ0n) is 17.8. The Morgan fingerprint density at radius 1 is 1.03 bits per heavy atom. The van der Waals surface area contributed by atoms with Crippen LogP contribution < -0.4 is 4.90 Å². The van der Waals surface area contributed by atoms with Crippen LogP contribution in [0.3, 0.4) is 0 Å². The molecule has 0 aromatic heterocycles. The first-order valence-electron chi connectivity index (χ1n) is 10.3. The maximum atomic E-state index is 13.5. The third-order valence-corrected chi connectivity index (χ3v) is 6.66. The molecule has 2 aromatic rings. The molecule has 32 heavy (non-hydrogen) atoms. The number of rotatable bonds is 6. The SMILES string of the molecule is CCCOC(=O)CN1C(=O)C(=C2C(=O)N(Cc3ccc(C)cc3)c3ccccc32)SC1=S. The van der Waals surface area contributed by atoms with Crippen LogP contribution in [0.4, 0.5) is 5.69 Å². The highest BCUT2D eigenvalue weighted by molar-refractivity contribution is 8.26. The molecule has 1 saturated heterocycles. The van der Waals surface area contributed by atoms with Crippen LogP contribution in [0, 0.1) is 6.92 Å². The van der Waals surface area contributed by atoms with Gasteiger partial charge in [0.05, 0.1) is 29.3 Å². The largest absolute Gasteiger partial charge is 0.464 e. The molecule has 0 N–H and O–H groups in total. The van der Waals surface area contributed by atoms with Crippen LogP contribution in [-0.4, -0.2) is 40.2 Å². The lowest BCUT2D eigenvalue weighted by molar-refractivity contribution is -0.146. The van der Waals surface area contributed by atoms with E-state index in [1.807, 2.05) is 62.4 Å². The average Bonchev–Trinajstić information content (AvgIpc) is 3.21. The minimum absolute atomic E-state index is 0.244. The molecule has 164 valence electrons. The number of aryl methyl sites for hydroxylation is 1. The van der Waals surface area contributed by atoms with Crippen molar-refractivity contribution in [2.45, 2.75) is 26.8 Å². The number of amides is 2. The van der Waals surface area contributed by atoms with Crippen LogP contribution in [-0.2, 0) is 25.7 Å². The molecule has 4 rings (SSSR count). The Balaban J connectivity index is 1.66. The van der Waals surface area contributed by atoms with Crippen molar-refractivity contribution in [3.63, 3.8) is 0 Å². The summed E-state index contributed by atoms with van der Waals surface area (Å²) in [6, 6.07) is 15.4. The highest BCUT2D eigenvalue weighted by atomic mass is 32.2. The van der Waals surface area contributed by atoms with E-state index in [-0.39, 0.29) is 28.3 Å². The van der Waals surface area contributed by atoms with E-state index in [1.165, 1.54) is 4.90 Å². The van der Waals surface area contributed by atoms with Gasteiger partial charge in [0.15, 0.2) is 0 Å². The van der Waals surface area contributed by atoms with Crippen LogP contribution in [0.2, 0.25) is 0 Å². The van der Waals surface area contributed by atoms with Gasteiger partial charge in [-0.15, -0.1) is 0 Å². The fourth-order valence-corrected chi connectivity index (χ4v) is 4.94. The lowest BCUT2D eigenvalue weighted by Gasteiger charge is -2.17. The molecule has 0 unspecified atom stereocenters. The number of para-hydroxylation sites is 1. The number of esters is 1. The molecule has 0 aliphatic carbocycles. The standard InChI is InChI=1S/C24H22N2O4S2/c1-3-12-30-19(27)14-26-23(29)21(32-24(26)31)20-17-6-4-5-7-18(17)25(22(20)28)13-16-10-8-15(2)9-11-16/h4-11H,3,12-14H2,1-2H3. The summed E-state index contributed by atoms with van der Waals surface area (Å²) in [6.07, 6.45) is 0.691. The molecule has 0 saturated carbocycles. The van der Waals surface area contributed by atoms with Gasteiger partial charge in [0.1, 0.15) is 10.9 Å². The smallest absolute Gasteiger partial charge is 0.326 e. The number of hydrogen-bond acceptors (Lipinski definition) is 6. The Morgan fingerprint density at radius 2 is 1.75 bits per heavy atom. The maximum absolute atomic E-state index is 13.5. The Labute approximate surface area is 196 Å². The summed E-state index contributed by atoms with van der Waals surface area (Å²) in [4.78, 5) is 41.8. The van der Waals surface area contributed by atoms with Crippen LogP contribution >= 0.6 is 24.0 Å². The fourth-order valence-electron chi connectivity index (χ4n) is 3.61. The number of carbonyl (C=O) groups excluding carboxylic acids is 3. The number of thiocarbonyl (C=S) groups is 1. The second-order valence-electron chi connectivity index (χ2n) is 7.58. The van der Waals surface area contributed by atoms with Gasteiger partial charge in [-0.25, -0.2) is 0 Å². The number of ether oxygens (including phenoxy) is 1. The topological polar surface area (TPSA) is 66.9 Å². The number of nitrogens with zero attached hydrogens (tertiary/aromatic N) is 2. The molecular weight excluding hydrogens is 444 g/mol. The van der Waals surface area contributed by atoms with Gasteiger partial charge < -0.3 is 9.64 Å². The van der Waals surface area contributed by atoms with Gasteiger partial charge in [-0.1, -0.05) is 78.9 Å². The van der Waals surface area contributed by atoms with E-state index in [0.29, 0.717) is 24.1 Å². The van der Waals surface area contributed by atoms with Crippen molar-refractivity contribution in [2.75, 3.05) is 18.1 Å². The zero-order valence-corrected chi connectivity index (χ0v) is 19.4. The molecule has 2 aromatic carbocycles. The summed E-state index contributed by atoms with van der Waals surface area (Å²) < 4.78 is 5.33. The number of hydrogen-bond donors (Lipinski definition) is 0. The first-order valence-corrected chi connectivity index (χ1v) is 11.5. The first-order chi connectivity index (χ1) is 15.4. The Morgan fingerprint density at radius 3 is 2.47 bits per heavy atom.